The van der Waals surface area contributed by atoms with Crippen LogP contribution in [-0.4, -0.2) is 15.5 Å². The summed E-state index contributed by atoms with van der Waals surface area (Å²) >= 11 is 6.89. The molecule has 0 amide bonds. The normalized spacial score (nSPS) is 11.6. The number of halogens is 2. The first-order valence-electron chi connectivity index (χ1n) is 6.04. The van der Waals surface area contributed by atoms with Gasteiger partial charge in [-0.3, -0.25) is 4.72 Å². The molecule has 0 spiro atoms. The predicted molar refractivity (Wildman–Crippen MR) is 84.0 cm³/mol. The van der Waals surface area contributed by atoms with Gasteiger partial charge < -0.3 is 5.32 Å². The molecule has 0 unspecified atom stereocenters. The molecule has 0 atom stereocenters. The molecule has 0 aliphatic rings. The fraction of sp³-hybridized carbons (Fsp3) is 0.231. The lowest BCUT2D eigenvalue weighted by Gasteiger charge is -2.06. The van der Waals surface area contributed by atoms with E-state index < -0.39 is 15.8 Å². The second-order valence-corrected chi connectivity index (χ2v) is 7.95. The van der Waals surface area contributed by atoms with E-state index in [1.165, 1.54) is 17.4 Å². The van der Waals surface area contributed by atoms with Crippen LogP contribution < -0.4 is 10.0 Å². The zero-order chi connectivity index (χ0) is 15.6. The minimum atomic E-state index is -3.75. The summed E-state index contributed by atoms with van der Waals surface area (Å²) in [6, 6.07) is 5.15. The molecule has 1 aromatic heterocycles. The molecule has 4 nitrogen and oxygen atoms in total. The lowest BCUT2D eigenvalue weighted by Crippen LogP contribution is -2.11. The van der Waals surface area contributed by atoms with Crippen molar-refractivity contribution in [3.05, 3.63) is 45.5 Å². The Balaban J connectivity index is 2.31. The third-order valence-electron chi connectivity index (χ3n) is 2.71. The van der Waals surface area contributed by atoms with Crippen LogP contribution in [0.5, 0.6) is 0 Å². The van der Waals surface area contributed by atoms with E-state index in [4.69, 9.17) is 11.6 Å². The Morgan fingerprint density at radius 3 is 2.62 bits per heavy atom. The Bertz CT molecular complexity index is 739. The van der Waals surface area contributed by atoms with Crippen LogP contribution in [0.3, 0.4) is 0 Å². The van der Waals surface area contributed by atoms with Crippen LogP contribution in [0.15, 0.2) is 28.5 Å². The Labute approximate surface area is 132 Å². The van der Waals surface area contributed by atoms with E-state index >= 15 is 0 Å². The number of nitrogens with one attached hydrogen (secondary N) is 2. The summed E-state index contributed by atoms with van der Waals surface area (Å²) in [6.45, 7) is 2.44. The highest BCUT2D eigenvalue weighted by Gasteiger charge is 2.19. The monoisotopic (exact) mass is 348 g/mol. The minimum absolute atomic E-state index is 0.0984. The lowest BCUT2D eigenvalue weighted by atomic mass is 10.3. The molecule has 114 valence electrons. The van der Waals surface area contributed by atoms with Crippen molar-refractivity contribution < 1.29 is 12.8 Å². The van der Waals surface area contributed by atoms with Gasteiger partial charge in [0, 0.05) is 16.4 Å². The molecule has 0 aliphatic heterocycles. The molecular weight excluding hydrogens is 335 g/mol. The number of sulfonamides is 1. The molecule has 2 N–H and O–H groups in total. The highest BCUT2D eigenvalue weighted by Crippen LogP contribution is 2.28. The zero-order valence-corrected chi connectivity index (χ0v) is 13.8. The van der Waals surface area contributed by atoms with Gasteiger partial charge in [0.1, 0.15) is 10.0 Å². The highest BCUT2D eigenvalue weighted by molar-refractivity contribution is 7.94. The Kier molecular flexibility index (Phi) is 4.88. The number of anilines is 1. The maximum absolute atomic E-state index is 13.2. The second-order valence-electron chi connectivity index (χ2n) is 4.47. The van der Waals surface area contributed by atoms with Gasteiger partial charge in [0.05, 0.1) is 5.69 Å². The standard InChI is InChI=1S/C13H14ClFN2O2S2/c1-8-3-13(20-12(8)7-16-2)21(18,19)17-11-5-9(14)4-10(15)6-11/h3-6,16-17H,7H2,1-2H3. The maximum atomic E-state index is 13.2. The number of thiophene rings is 1. The van der Waals surface area contributed by atoms with Gasteiger partial charge in [0.2, 0.25) is 0 Å². The number of hydrogen-bond acceptors (Lipinski definition) is 4. The van der Waals surface area contributed by atoms with E-state index in [9.17, 15) is 12.8 Å². The number of benzene rings is 1. The summed E-state index contributed by atoms with van der Waals surface area (Å²) in [7, 11) is -1.96. The van der Waals surface area contributed by atoms with Crippen molar-refractivity contribution in [2.24, 2.45) is 0 Å². The molecule has 0 saturated carbocycles. The molecular formula is C13H14ClFN2O2S2. The highest BCUT2D eigenvalue weighted by atomic mass is 35.5. The lowest BCUT2D eigenvalue weighted by molar-refractivity contribution is 0.603. The van der Waals surface area contributed by atoms with Crippen molar-refractivity contribution >= 4 is 38.6 Å². The smallest absolute Gasteiger partial charge is 0.271 e. The number of hydrogen-bond donors (Lipinski definition) is 2. The molecule has 2 rings (SSSR count). The van der Waals surface area contributed by atoms with Crippen LogP contribution in [0.1, 0.15) is 10.4 Å². The summed E-state index contributed by atoms with van der Waals surface area (Å²) < 4.78 is 40.4. The fourth-order valence-electron chi connectivity index (χ4n) is 1.78. The van der Waals surface area contributed by atoms with Crippen LogP contribution in [-0.2, 0) is 16.6 Å². The minimum Gasteiger partial charge on any atom is -0.315 e. The third-order valence-corrected chi connectivity index (χ3v) is 6.03. The van der Waals surface area contributed by atoms with Crippen molar-refractivity contribution in [1.29, 1.82) is 0 Å². The Hall–Kier alpha value is -1.15. The average Bonchev–Trinajstić information content (AvgIpc) is 2.70. The molecule has 0 bridgehead atoms. The van der Waals surface area contributed by atoms with Gasteiger partial charge in [-0.1, -0.05) is 11.6 Å². The van der Waals surface area contributed by atoms with Gasteiger partial charge in [0.15, 0.2) is 0 Å². The van der Waals surface area contributed by atoms with E-state index in [1.807, 2.05) is 6.92 Å². The van der Waals surface area contributed by atoms with Crippen LogP contribution in [0.4, 0.5) is 10.1 Å². The number of aryl methyl sites for hydroxylation is 1. The molecule has 2 aromatic rings. The SMILES string of the molecule is CNCc1sc(S(=O)(=O)Nc2cc(F)cc(Cl)c2)cc1C. The Morgan fingerprint density at radius 1 is 1.29 bits per heavy atom. The van der Waals surface area contributed by atoms with Gasteiger partial charge in [-0.05, 0) is 43.8 Å². The van der Waals surface area contributed by atoms with Crippen molar-refractivity contribution in [3.63, 3.8) is 0 Å². The summed E-state index contributed by atoms with van der Waals surface area (Å²) in [6.07, 6.45) is 0. The van der Waals surface area contributed by atoms with Crippen LogP contribution >= 0.6 is 22.9 Å². The van der Waals surface area contributed by atoms with Crippen LogP contribution in [0, 0.1) is 12.7 Å². The van der Waals surface area contributed by atoms with Crippen molar-refractivity contribution in [1.82, 2.24) is 5.32 Å². The van der Waals surface area contributed by atoms with Crippen LogP contribution in [0.2, 0.25) is 5.02 Å². The van der Waals surface area contributed by atoms with E-state index in [0.717, 1.165) is 22.6 Å². The molecule has 0 aliphatic carbocycles. The zero-order valence-electron chi connectivity index (χ0n) is 11.4. The molecule has 0 fully saturated rings. The van der Waals surface area contributed by atoms with Gasteiger partial charge in [-0.2, -0.15) is 0 Å². The number of rotatable bonds is 5. The average molecular weight is 349 g/mol. The van der Waals surface area contributed by atoms with Gasteiger partial charge in [0.25, 0.3) is 10.0 Å². The van der Waals surface area contributed by atoms with E-state index in [1.54, 1.807) is 13.1 Å². The first-order valence-corrected chi connectivity index (χ1v) is 8.72. The van der Waals surface area contributed by atoms with Crippen molar-refractivity contribution in [2.45, 2.75) is 17.7 Å². The molecule has 1 heterocycles. The quantitative estimate of drug-likeness (QED) is 0.871. The van der Waals surface area contributed by atoms with E-state index in [-0.39, 0.29) is 14.9 Å². The molecule has 8 heteroatoms. The second kappa shape index (κ2) is 6.31. The van der Waals surface area contributed by atoms with Gasteiger partial charge in [-0.25, -0.2) is 12.8 Å². The van der Waals surface area contributed by atoms with Crippen molar-refractivity contribution in [3.8, 4) is 0 Å². The van der Waals surface area contributed by atoms with Crippen LogP contribution in [0.25, 0.3) is 0 Å². The summed E-state index contributed by atoms with van der Waals surface area (Å²) in [4.78, 5) is 0.940. The third kappa shape index (κ3) is 3.94. The fourth-order valence-corrected chi connectivity index (χ4v) is 4.64. The summed E-state index contributed by atoms with van der Waals surface area (Å²) in [5.41, 5.74) is 0.994. The van der Waals surface area contributed by atoms with Gasteiger partial charge in [-0.15, -0.1) is 11.3 Å². The predicted octanol–water partition coefficient (Wildman–Crippen LogP) is 3.37. The molecule has 0 radical (unpaired) electrons. The molecule has 0 saturated heterocycles. The van der Waals surface area contributed by atoms with E-state index in [0.29, 0.717) is 6.54 Å². The molecule has 1 aromatic carbocycles. The summed E-state index contributed by atoms with van der Waals surface area (Å²) in [5.74, 6) is -0.599. The maximum Gasteiger partial charge on any atom is 0.271 e. The Morgan fingerprint density at radius 2 is 2.00 bits per heavy atom. The molecule has 21 heavy (non-hydrogen) atoms. The summed E-state index contributed by atoms with van der Waals surface area (Å²) in [5, 5.41) is 3.11. The van der Waals surface area contributed by atoms with Crippen molar-refractivity contribution in [2.75, 3.05) is 11.8 Å². The largest absolute Gasteiger partial charge is 0.315 e. The van der Waals surface area contributed by atoms with Gasteiger partial charge >= 0.3 is 0 Å². The van der Waals surface area contributed by atoms with E-state index in [2.05, 4.69) is 10.0 Å². The first-order chi connectivity index (χ1) is 9.81. The first kappa shape index (κ1) is 16.2. The topological polar surface area (TPSA) is 58.2 Å².